The van der Waals surface area contributed by atoms with E-state index in [1.807, 2.05) is 0 Å². The summed E-state index contributed by atoms with van der Waals surface area (Å²) in [5, 5.41) is 12.1. The van der Waals surface area contributed by atoms with Crippen LogP contribution in [0.15, 0.2) is 0 Å². The normalized spacial score (nSPS) is 28.0. The number of aliphatic carboxylic acids is 1. The number of amides is 1. The second-order valence-corrected chi connectivity index (χ2v) is 4.98. The minimum atomic E-state index is -0.817. The molecule has 98 valence electrons. The van der Waals surface area contributed by atoms with Crippen LogP contribution in [0.25, 0.3) is 0 Å². The van der Waals surface area contributed by atoms with Gasteiger partial charge in [-0.25, -0.2) is 0 Å². The molecule has 5 heteroatoms. The summed E-state index contributed by atoms with van der Waals surface area (Å²) in [7, 11) is 0. The molecule has 1 fully saturated rings. The SMILES string of the molecule is CC1(C(=O)O)CCCC1NC(=O)CCCCN. The number of hydrogen-bond donors (Lipinski definition) is 3. The molecular formula is C12H22N2O3. The maximum Gasteiger partial charge on any atom is 0.311 e. The number of unbranched alkanes of at least 4 members (excludes halogenated alkanes) is 1. The molecule has 0 aromatic heterocycles. The largest absolute Gasteiger partial charge is 0.481 e. The quantitative estimate of drug-likeness (QED) is 0.603. The van der Waals surface area contributed by atoms with E-state index < -0.39 is 11.4 Å². The lowest BCUT2D eigenvalue weighted by atomic mass is 9.85. The zero-order valence-corrected chi connectivity index (χ0v) is 10.4. The van der Waals surface area contributed by atoms with Crippen LogP contribution in [0, 0.1) is 5.41 Å². The molecule has 1 rings (SSSR count). The minimum absolute atomic E-state index is 0.0576. The van der Waals surface area contributed by atoms with Crippen molar-refractivity contribution in [2.45, 2.75) is 51.5 Å². The first-order valence-corrected chi connectivity index (χ1v) is 6.23. The molecular weight excluding hydrogens is 220 g/mol. The van der Waals surface area contributed by atoms with Gasteiger partial charge in [0.1, 0.15) is 0 Å². The molecule has 0 radical (unpaired) electrons. The van der Waals surface area contributed by atoms with Gasteiger partial charge in [-0.15, -0.1) is 0 Å². The molecule has 1 aliphatic rings. The van der Waals surface area contributed by atoms with Gasteiger partial charge >= 0.3 is 5.97 Å². The van der Waals surface area contributed by atoms with Gasteiger partial charge in [-0.1, -0.05) is 6.42 Å². The van der Waals surface area contributed by atoms with E-state index in [2.05, 4.69) is 5.32 Å². The summed E-state index contributed by atoms with van der Waals surface area (Å²) < 4.78 is 0. The number of carbonyl (C=O) groups is 2. The number of nitrogens with one attached hydrogen (secondary N) is 1. The number of rotatable bonds is 6. The third-order valence-corrected chi connectivity index (χ3v) is 3.64. The van der Waals surface area contributed by atoms with E-state index >= 15 is 0 Å². The van der Waals surface area contributed by atoms with Crippen molar-refractivity contribution in [2.75, 3.05) is 6.54 Å². The first kappa shape index (κ1) is 14.0. The van der Waals surface area contributed by atoms with Crippen molar-refractivity contribution < 1.29 is 14.7 Å². The van der Waals surface area contributed by atoms with Crippen LogP contribution in [-0.2, 0) is 9.59 Å². The van der Waals surface area contributed by atoms with Gasteiger partial charge < -0.3 is 16.2 Å². The summed E-state index contributed by atoms with van der Waals surface area (Å²) in [4.78, 5) is 22.8. The number of carboxylic acids is 1. The second kappa shape index (κ2) is 6.00. The van der Waals surface area contributed by atoms with Gasteiger partial charge in [-0.2, -0.15) is 0 Å². The zero-order chi connectivity index (χ0) is 12.9. The predicted octanol–water partition coefficient (Wildman–Crippen LogP) is 0.875. The average Bonchev–Trinajstić information content (AvgIpc) is 2.62. The highest BCUT2D eigenvalue weighted by Gasteiger charge is 2.45. The van der Waals surface area contributed by atoms with Crippen LogP contribution in [0.5, 0.6) is 0 Å². The van der Waals surface area contributed by atoms with Crippen LogP contribution < -0.4 is 11.1 Å². The topological polar surface area (TPSA) is 92.4 Å². The highest BCUT2D eigenvalue weighted by Crippen LogP contribution is 2.38. The summed E-state index contributed by atoms with van der Waals surface area (Å²) in [6, 6.07) is -0.231. The van der Waals surface area contributed by atoms with E-state index in [-0.39, 0.29) is 11.9 Å². The Labute approximate surface area is 102 Å². The van der Waals surface area contributed by atoms with Gasteiger partial charge in [-0.05, 0) is 39.2 Å². The molecule has 2 atom stereocenters. The molecule has 4 N–H and O–H groups in total. The van der Waals surface area contributed by atoms with Gasteiger partial charge in [0.2, 0.25) is 5.91 Å². The minimum Gasteiger partial charge on any atom is -0.481 e. The maximum absolute atomic E-state index is 11.6. The smallest absolute Gasteiger partial charge is 0.311 e. The molecule has 0 bridgehead atoms. The summed E-state index contributed by atoms with van der Waals surface area (Å²) in [6.07, 6.45) is 4.27. The molecule has 0 aromatic rings. The first-order chi connectivity index (χ1) is 8.00. The fourth-order valence-corrected chi connectivity index (χ4v) is 2.35. The lowest BCUT2D eigenvalue weighted by molar-refractivity contribution is -0.149. The fraction of sp³-hybridized carbons (Fsp3) is 0.833. The van der Waals surface area contributed by atoms with E-state index in [0.717, 1.165) is 25.7 Å². The Balaban J connectivity index is 2.45. The highest BCUT2D eigenvalue weighted by atomic mass is 16.4. The van der Waals surface area contributed by atoms with Crippen LogP contribution in [0.2, 0.25) is 0 Å². The predicted molar refractivity (Wildman–Crippen MR) is 64.4 cm³/mol. The van der Waals surface area contributed by atoms with Crippen LogP contribution in [0.4, 0.5) is 0 Å². The summed E-state index contributed by atoms with van der Waals surface area (Å²) in [5.74, 6) is -0.875. The number of nitrogens with two attached hydrogens (primary N) is 1. The van der Waals surface area contributed by atoms with E-state index in [9.17, 15) is 14.7 Å². The van der Waals surface area contributed by atoms with E-state index in [1.165, 1.54) is 0 Å². The molecule has 1 aliphatic carbocycles. The molecule has 2 unspecified atom stereocenters. The molecule has 1 saturated carbocycles. The molecule has 0 aliphatic heterocycles. The van der Waals surface area contributed by atoms with Gasteiger partial charge in [0.15, 0.2) is 0 Å². The van der Waals surface area contributed by atoms with Gasteiger partial charge in [0, 0.05) is 12.5 Å². The van der Waals surface area contributed by atoms with Crippen molar-refractivity contribution in [3.63, 3.8) is 0 Å². The Morgan fingerprint density at radius 1 is 1.47 bits per heavy atom. The summed E-state index contributed by atoms with van der Waals surface area (Å²) in [6.45, 7) is 2.30. The molecule has 0 saturated heterocycles. The summed E-state index contributed by atoms with van der Waals surface area (Å²) >= 11 is 0. The van der Waals surface area contributed by atoms with E-state index in [1.54, 1.807) is 6.92 Å². The molecule has 17 heavy (non-hydrogen) atoms. The Kier molecular flexibility index (Phi) is 4.93. The third-order valence-electron chi connectivity index (χ3n) is 3.64. The van der Waals surface area contributed by atoms with Crippen LogP contribution in [0.1, 0.15) is 45.4 Å². The summed E-state index contributed by atoms with van der Waals surface area (Å²) in [5.41, 5.74) is 4.55. The van der Waals surface area contributed by atoms with Gasteiger partial charge in [-0.3, -0.25) is 9.59 Å². The lowest BCUT2D eigenvalue weighted by Crippen LogP contribution is -2.47. The highest BCUT2D eigenvalue weighted by molar-refractivity contribution is 5.80. The zero-order valence-electron chi connectivity index (χ0n) is 10.4. The average molecular weight is 242 g/mol. The molecule has 0 aromatic carbocycles. The number of carboxylic acid groups (broad SMARTS) is 1. The van der Waals surface area contributed by atoms with Crippen molar-refractivity contribution in [3.8, 4) is 0 Å². The van der Waals surface area contributed by atoms with Crippen molar-refractivity contribution in [1.29, 1.82) is 0 Å². The fourth-order valence-electron chi connectivity index (χ4n) is 2.35. The Morgan fingerprint density at radius 3 is 2.76 bits per heavy atom. The van der Waals surface area contributed by atoms with Crippen LogP contribution in [-0.4, -0.2) is 29.6 Å². The van der Waals surface area contributed by atoms with E-state index in [0.29, 0.717) is 19.4 Å². The molecule has 1 amide bonds. The maximum atomic E-state index is 11.6. The van der Waals surface area contributed by atoms with Crippen molar-refractivity contribution in [1.82, 2.24) is 5.32 Å². The molecule has 0 heterocycles. The Hall–Kier alpha value is -1.10. The van der Waals surface area contributed by atoms with Crippen LogP contribution in [0.3, 0.4) is 0 Å². The molecule has 0 spiro atoms. The van der Waals surface area contributed by atoms with Crippen LogP contribution >= 0.6 is 0 Å². The monoisotopic (exact) mass is 242 g/mol. The third kappa shape index (κ3) is 3.43. The second-order valence-electron chi connectivity index (χ2n) is 4.98. The number of hydrogen-bond acceptors (Lipinski definition) is 3. The van der Waals surface area contributed by atoms with Gasteiger partial charge in [0.25, 0.3) is 0 Å². The first-order valence-electron chi connectivity index (χ1n) is 6.23. The van der Waals surface area contributed by atoms with Crippen molar-refractivity contribution in [3.05, 3.63) is 0 Å². The van der Waals surface area contributed by atoms with E-state index in [4.69, 9.17) is 5.73 Å². The van der Waals surface area contributed by atoms with Gasteiger partial charge in [0.05, 0.1) is 5.41 Å². The van der Waals surface area contributed by atoms with Crippen molar-refractivity contribution >= 4 is 11.9 Å². The standard InChI is InChI=1S/C12H22N2O3/c1-12(11(16)17)7-4-5-9(12)14-10(15)6-2-3-8-13/h9H,2-8,13H2,1H3,(H,14,15)(H,16,17). The molecule has 5 nitrogen and oxygen atoms in total. The number of carbonyl (C=O) groups excluding carboxylic acids is 1. The Bertz CT molecular complexity index is 293. The van der Waals surface area contributed by atoms with Crippen molar-refractivity contribution in [2.24, 2.45) is 11.1 Å². The Morgan fingerprint density at radius 2 is 2.18 bits per heavy atom. The lowest BCUT2D eigenvalue weighted by Gasteiger charge is -2.27.